The maximum Gasteiger partial charge on any atom is 0.254 e. The highest BCUT2D eigenvalue weighted by Gasteiger charge is 2.31. The van der Waals surface area contributed by atoms with E-state index in [2.05, 4.69) is 33.4 Å². The molecule has 1 saturated heterocycles. The van der Waals surface area contributed by atoms with Crippen molar-refractivity contribution in [3.05, 3.63) is 47.6 Å². The minimum Gasteiger partial charge on any atom is -0.481 e. The zero-order valence-corrected chi connectivity index (χ0v) is 19.3. The van der Waals surface area contributed by atoms with E-state index < -0.39 is 29.0 Å². The molecule has 1 amide bonds. The van der Waals surface area contributed by atoms with Gasteiger partial charge in [-0.25, -0.2) is 9.97 Å². The molecule has 3 aromatic heterocycles. The van der Waals surface area contributed by atoms with Crippen LogP contribution in [0.15, 0.2) is 18.9 Å². The highest BCUT2D eigenvalue weighted by atomic mass is 19.1. The summed E-state index contributed by atoms with van der Waals surface area (Å²) in [6, 6.07) is 0. The van der Waals surface area contributed by atoms with E-state index in [1.807, 2.05) is 0 Å². The third-order valence-corrected chi connectivity index (χ3v) is 5.64. The number of rotatable bonds is 5. The van der Waals surface area contributed by atoms with E-state index in [-0.39, 0.29) is 23.3 Å². The number of hydrogen-bond donors (Lipinski definition) is 1. The van der Waals surface area contributed by atoms with Gasteiger partial charge in [-0.15, -0.1) is 0 Å². The Morgan fingerprint density at radius 2 is 1.86 bits per heavy atom. The number of imidazole rings is 1. The van der Waals surface area contributed by atoms with Gasteiger partial charge in [0.1, 0.15) is 22.6 Å². The first-order valence-electron chi connectivity index (χ1n) is 10.5. The zero-order valence-electron chi connectivity index (χ0n) is 19.3. The summed E-state index contributed by atoms with van der Waals surface area (Å²) in [5.74, 6) is 2.66. The van der Waals surface area contributed by atoms with E-state index in [4.69, 9.17) is 19.9 Å². The number of hydrogen-bond acceptors (Lipinski definition) is 8. The number of nitrogens with two attached hydrogens (primary N) is 1. The van der Waals surface area contributed by atoms with Gasteiger partial charge < -0.3 is 24.8 Å². The zero-order chi connectivity index (χ0) is 25.3. The highest BCUT2D eigenvalue weighted by molar-refractivity contribution is 5.87. The van der Waals surface area contributed by atoms with Gasteiger partial charge in [0.25, 0.3) is 11.8 Å². The highest BCUT2D eigenvalue weighted by Crippen LogP contribution is 2.33. The topological polar surface area (TPSA) is 117 Å². The molecule has 4 rings (SSSR count). The summed E-state index contributed by atoms with van der Waals surface area (Å²) in [5.41, 5.74) is 5.98. The van der Waals surface area contributed by atoms with Crippen molar-refractivity contribution in [1.29, 1.82) is 0 Å². The van der Waals surface area contributed by atoms with Gasteiger partial charge in [0.05, 0.1) is 27.5 Å². The molecule has 10 nitrogen and oxygen atoms in total. The molecule has 0 unspecified atom stereocenters. The van der Waals surface area contributed by atoms with Gasteiger partial charge in [0.2, 0.25) is 23.4 Å². The Morgan fingerprint density at radius 1 is 1.17 bits per heavy atom. The molecule has 0 bridgehead atoms. The Bertz CT molecular complexity index is 1370. The van der Waals surface area contributed by atoms with Crippen LogP contribution in [0.4, 0.5) is 14.6 Å². The molecule has 0 spiro atoms. The lowest BCUT2D eigenvalue weighted by Crippen LogP contribution is -2.26. The molecule has 1 fully saturated rings. The van der Waals surface area contributed by atoms with E-state index in [9.17, 15) is 13.6 Å². The third-order valence-electron chi connectivity index (χ3n) is 5.64. The third kappa shape index (κ3) is 4.05. The molecule has 0 saturated carbocycles. The average molecular weight is 484 g/mol. The predicted octanol–water partition coefficient (Wildman–Crippen LogP) is 1.91. The Kier molecular flexibility index (Phi) is 6.42. The Morgan fingerprint density at radius 3 is 2.46 bits per heavy atom. The van der Waals surface area contributed by atoms with Gasteiger partial charge in [0, 0.05) is 19.0 Å². The molecule has 1 aliphatic heterocycles. The molecule has 0 radical (unpaired) electrons. The van der Waals surface area contributed by atoms with Crippen LogP contribution in [-0.4, -0.2) is 64.6 Å². The summed E-state index contributed by atoms with van der Waals surface area (Å²) in [6.07, 6.45) is 3.31. The smallest absolute Gasteiger partial charge is 0.254 e. The van der Waals surface area contributed by atoms with Crippen LogP contribution >= 0.6 is 0 Å². The minimum absolute atomic E-state index is 0.0942. The molecule has 1 atom stereocenters. The van der Waals surface area contributed by atoms with Crippen LogP contribution in [0.5, 0.6) is 17.6 Å². The van der Waals surface area contributed by atoms with E-state index in [1.54, 1.807) is 9.30 Å². The van der Waals surface area contributed by atoms with E-state index in [0.717, 1.165) is 0 Å². The number of methoxy groups -OCH3 is 3. The fourth-order valence-corrected chi connectivity index (χ4v) is 3.95. The number of carbonyl (C=O) groups excluding carboxylic acids is 1. The number of likely N-dealkylation sites (tertiary alicyclic amines) is 1. The van der Waals surface area contributed by atoms with Crippen LogP contribution < -0.4 is 19.9 Å². The number of halogens is 2. The molecule has 1 aliphatic rings. The van der Waals surface area contributed by atoms with E-state index in [1.165, 1.54) is 33.6 Å². The van der Waals surface area contributed by atoms with Gasteiger partial charge in [-0.1, -0.05) is 12.5 Å². The SMILES string of the molecule is C=CC(=O)N1CC[C@H](c2nc(C#Cc3c(F)c(OC)nc(OC)c3F)c3c(N)ncc(OC)n23)C1. The van der Waals surface area contributed by atoms with Crippen LogP contribution in [0.3, 0.4) is 0 Å². The van der Waals surface area contributed by atoms with Crippen molar-refractivity contribution in [3.63, 3.8) is 0 Å². The first-order chi connectivity index (χ1) is 16.8. The predicted molar refractivity (Wildman–Crippen MR) is 121 cm³/mol. The molecule has 2 N–H and O–H groups in total. The molecule has 0 aromatic carbocycles. The van der Waals surface area contributed by atoms with Crippen molar-refractivity contribution in [2.45, 2.75) is 12.3 Å². The first kappa shape index (κ1) is 23.7. The number of nitrogen functional groups attached to an aromatic ring is 1. The second-order valence-corrected chi connectivity index (χ2v) is 7.55. The Labute approximate surface area is 199 Å². The van der Waals surface area contributed by atoms with Gasteiger partial charge in [0.15, 0.2) is 5.82 Å². The van der Waals surface area contributed by atoms with Crippen LogP contribution in [0, 0.1) is 23.5 Å². The second-order valence-electron chi connectivity index (χ2n) is 7.55. The quantitative estimate of drug-likeness (QED) is 0.431. The summed E-state index contributed by atoms with van der Waals surface area (Å²) in [6.45, 7) is 4.44. The lowest BCUT2D eigenvalue weighted by Gasteiger charge is -2.14. The molecule has 12 heteroatoms. The van der Waals surface area contributed by atoms with Crippen molar-refractivity contribution in [3.8, 4) is 29.5 Å². The largest absolute Gasteiger partial charge is 0.481 e. The number of nitrogens with zero attached hydrogens (tertiary/aromatic N) is 5. The number of carbonyl (C=O) groups is 1. The van der Waals surface area contributed by atoms with Gasteiger partial charge in [-0.05, 0) is 18.4 Å². The second kappa shape index (κ2) is 9.46. The number of amides is 1. The number of fused-ring (bicyclic) bond motifs is 1. The fourth-order valence-electron chi connectivity index (χ4n) is 3.95. The standard InChI is InChI=1S/C23H22F2N6O4/c1-5-15(32)30-9-8-12(11-30)21-28-14(19-20(26)27-10-16(33-2)31(19)21)7-6-13-17(24)22(34-3)29-23(35-4)18(13)25/h5,10,12H,1,8-9,11H2,2-4H3,(H2,26,27)/t12-/m0/s1. The average Bonchev–Trinajstić information content (AvgIpc) is 3.50. The summed E-state index contributed by atoms with van der Waals surface area (Å²) in [4.78, 5) is 26.1. The lowest BCUT2D eigenvalue weighted by molar-refractivity contribution is -0.125. The Balaban J connectivity index is 1.89. The molecular formula is C23H22F2N6O4. The van der Waals surface area contributed by atoms with Gasteiger partial charge >= 0.3 is 0 Å². The van der Waals surface area contributed by atoms with Gasteiger partial charge in [-0.2, -0.15) is 13.8 Å². The number of ether oxygens (including phenoxy) is 3. The first-order valence-corrected chi connectivity index (χ1v) is 10.5. The van der Waals surface area contributed by atoms with Crippen molar-refractivity contribution in [2.75, 3.05) is 40.2 Å². The summed E-state index contributed by atoms with van der Waals surface area (Å²) in [7, 11) is 3.84. The van der Waals surface area contributed by atoms with Gasteiger partial charge in [-0.3, -0.25) is 9.20 Å². The normalized spacial score (nSPS) is 15.0. The van der Waals surface area contributed by atoms with Crippen LogP contribution in [-0.2, 0) is 4.79 Å². The van der Waals surface area contributed by atoms with Crippen LogP contribution in [0.1, 0.15) is 29.4 Å². The summed E-state index contributed by atoms with van der Waals surface area (Å²) >= 11 is 0. The lowest BCUT2D eigenvalue weighted by atomic mass is 10.1. The Hall–Kier alpha value is -4.40. The fraction of sp³-hybridized carbons (Fsp3) is 0.304. The molecule has 4 heterocycles. The molecule has 0 aliphatic carbocycles. The monoisotopic (exact) mass is 484 g/mol. The van der Waals surface area contributed by atoms with Crippen molar-refractivity contribution in [1.82, 2.24) is 24.3 Å². The summed E-state index contributed by atoms with van der Waals surface area (Å²) in [5, 5.41) is 0. The van der Waals surface area contributed by atoms with Crippen molar-refractivity contribution >= 4 is 17.2 Å². The van der Waals surface area contributed by atoms with Crippen molar-refractivity contribution in [2.24, 2.45) is 0 Å². The molecule has 3 aromatic rings. The number of anilines is 1. The maximum atomic E-state index is 14.8. The summed E-state index contributed by atoms with van der Waals surface area (Å²) < 4.78 is 46.3. The van der Waals surface area contributed by atoms with E-state index >= 15 is 0 Å². The van der Waals surface area contributed by atoms with E-state index in [0.29, 0.717) is 36.7 Å². The minimum atomic E-state index is -1.08. The number of pyridine rings is 1. The molecule has 35 heavy (non-hydrogen) atoms. The van der Waals surface area contributed by atoms with Crippen LogP contribution in [0.25, 0.3) is 5.52 Å². The molecule has 182 valence electrons. The van der Waals surface area contributed by atoms with Crippen LogP contribution in [0.2, 0.25) is 0 Å². The maximum absolute atomic E-state index is 14.8. The number of aromatic nitrogens is 4. The van der Waals surface area contributed by atoms with Crippen molar-refractivity contribution < 1.29 is 27.8 Å². The molecular weight excluding hydrogens is 462 g/mol.